The molecule has 0 aliphatic heterocycles. The van der Waals surface area contributed by atoms with Crippen molar-refractivity contribution in [2.75, 3.05) is 0 Å². The van der Waals surface area contributed by atoms with Gasteiger partial charge in [-0.05, 0) is 49.3 Å². The van der Waals surface area contributed by atoms with Crippen molar-refractivity contribution in [3.05, 3.63) is 95.7 Å². The van der Waals surface area contributed by atoms with Gasteiger partial charge < -0.3 is 15.4 Å². The van der Waals surface area contributed by atoms with Gasteiger partial charge in [-0.2, -0.15) is 0 Å². The van der Waals surface area contributed by atoms with E-state index in [9.17, 15) is 4.79 Å². The number of benzene rings is 2. The highest BCUT2D eigenvalue weighted by Crippen LogP contribution is 2.24. The van der Waals surface area contributed by atoms with Crippen LogP contribution < -0.4 is 15.4 Å². The number of ether oxygens (including phenoxy) is 1. The molecular weight excluding hydrogens is 386 g/mol. The predicted molar refractivity (Wildman–Crippen MR) is 122 cm³/mol. The summed E-state index contributed by atoms with van der Waals surface area (Å²) in [6, 6.07) is 23.9. The molecule has 31 heavy (non-hydrogen) atoms. The minimum absolute atomic E-state index is 0.137. The van der Waals surface area contributed by atoms with Gasteiger partial charge in [-0.1, -0.05) is 66.7 Å². The molecule has 1 aliphatic rings. The summed E-state index contributed by atoms with van der Waals surface area (Å²) in [6.07, 6.45) is 5.57. The molecular formula is C26H29N3O2. The number of aromatic nitrogens is 1. The molecule has 0 bridgehead atoms. The van der Waals surface area contributed by atoms with Gasteiger partial charge in [-0.15, -0.1) is 0 Å². The predicted octanol–water partition coefficient (Wildman–Crippen LogP) is 5.17. The van der Waals surface area contributed by atoms with Crippen molar-refractivity contribution in [1.29, 1.82) is 0 Å². The Kier molecular flexibility index (Phi) is 6.82. The summed E-state index contributed by atoms with van der Waals surface area (Å²) >= 11 is 0. The van der Waals surface area contributed by atoms with Crippen LogP contribution >= 0.6 is 0 Å². The van der Waals surface area contributed by atoms with Crippen LogP contribution in [0, 0.1) is 6.92 Å². The Balaban J connectivity index is 1.31. The summed E-state index contributed by atoms with van der Waals surface area (Å²) in [7, 11) is 0. The van der Waals surface area contributed by atoms with Gasteiger partial charge in [0.1, 0.15) is 6.10 Å². The van der Waals surface area contributed by atoms with E-state index in [0.717, 1.165) is 42.4 Å². The molecule has 1 aliphatic carbocycles. The van der Waals surface area contributed by atoms with E-state index in [0.29, 0.717) is 5.88 Å². The van der Waals surface area contributed by atoms with Gasteiger partial charge in [0.15, 0.2) is 0 Å². The van der Waals surface area contributed by atoms with Crippen molar-refractivity contribution in [3.8, 4) is 5.88 Å². The maximum atomic E-state index is 12.8. The van der Waals surface area contributed by atoms with Crippen LogP contribution in [0.25, 0.3) is 0 Å². The first kappa shape index (κ1) is 20.9. The molecule has 0 spiro atoms. The maximum absolute atomic E-state index is 12.8. The second-order valence-corrected chi connectivity index (χ2v) is 8.14. The lowest BCUT2D eigenvalue weighted by Crippen LogP contribution is -2.45. The highest BCUT2D eigenvalue weighted by atomic mass is 16.5. The van der Waals surface area contributed by atoms with Crippen molar-refractivity contribution >= 4 is 6.03 Å². The molecule has 0 saturated heterocycles. The largest absolute Gasteiger partial charge is 0.474 e. The smallest absolute Gasteiger partial charge is 0.315 e. The molecule has 2 N–H and O–H groups in total. The van der Waals surface area contributed by atoms with Crippen LogP contribution in [0.3, 0.4) is 0 Å². The van der Waals surface area contributed by atoms with Crippen LogP contribution in [-0.4, -0.2) is 23.2 Å². The van der Waals surface area contributed by atoms with Crippen LogP contribution in [0.4, 0.5) is 4.79 Å². The average Bonchev–Trinajstić information content (AvgIpc) is 2.81. The molecule has 1 aromatic heterocycles. The zero-order chi connectivity index (χ0) is 21.5. The summed E-state index contributed by atoms with van der Waals surface area (Å²) in [4.78, 5) is 17.1. The maximum Gasteiger partial charge on any atom is 0.315 e. The standard InChI is InChI=1S/C26H29N3O2/c1-19-12-17-24(27-18-19)31-23-15-13-22(14-16-23)28-26(30)29-25(20-8-4-2-5-9-20)21-10-6-3-7-11-21/h2-12,17-18,22-23,25H,13-16H2,1H3,(H2,28,29,30). The molecule has 0 unspecified atom stereocenters. The average molecular weight is 416 g/mol. The highest BCUT2D eigenvalue weighted by molar-refractivity contribution is 5.75. The molecule has 160 valence electrons. The molecule has 5 nitrogen and oxygen atoms in total. The molecule has 3 aromatic rings. The molecule has 0 radical (unpaired) electrons. The SMILES string of the molecule is Cc1ccc(OC2CCC(NC(=O)NC(c3ccccc3)c3ccccc3)CC2)nc1. The molecule has 1 fully saturated rings. The van der Waals surface area contributed by atoms with Gasteiger partial charge in [0.25, 0.3) is 0 Å². The Bertz CT molecular complexity index is 913. The molecule has 1 saturated carbocycles. The Morgan fingerprint density at radius 3 is 2.06 bits per heavy atom. The number of amides is 2. The fourth-order valence-electron chi connectivity index (χ4n) is 4.03. The first-order chi connectivity index (χ1) is 15.2. The Morgan fingerprint density at radius 2 is 1.52 bits per heavy atom. The number of hydrogen-bond acceptors (Lipinski definition) is 3. The van der Waals surface area contributed by atoms with Gasteiger partial charge in [-0.25, -0.2) is 9.78 Å². The molecule has 2 amide bonds. The summed E-state index contributed by atoms with van der Waals surface area (Å²) in [5.74, 6) is 0.674. The van der Waals surface area contributed by atoms with Crippen molar-refractivity contribution in [3.63, 3.8) is 0 Å². The van der Waals surface area contributed by atoms with Gasteiger partial charge >= 0.3 is 6.03 Å². The van der Waals surface area contributed by atoms with Crippen molar-refractivity contribution in [1.82, 2.24) is 15.6 Å². The third-order valence-electron chi connectivity index (χ3n) is 5.72. The van der Waals surface area contributed by atoms with Crippen LogP contribution in [0.5, 0.6) is 5.88 Å². The van der Waals surface area contributed by atoms with E-state index >= 15 is 0 Å². The number of pyridine rings is 1. The molecule has 0 atom stereocenters. The molecule has 5 heteroatoms. The second-order valence-electron chi connectivity index (χ2n) is 8.14. The zero-order valence-electron chi connectivity index (χ0n) is 17.8. The minimum Gasteiger partial charge on any atom is -0.474 e. The van der Waals surface area contributed by atoms with Gasteiger partial charge in [-0.3, -0.25) is 0 Å². The van der Waals surface area contributed by atoms with E-state index in [1.807, 2.05) is 85.9 Å². The minimum atomic E-state index is -0.185. The monoisotopic (exact) mass is 415 g/mol. The first-order valence-electron chi connectivity index (χ1n) is 10.9. The number of carbonyl (C=O) groups excluding carboxylic acids is 1. The highest BCUT2D eigenvalue weighted by Gasteiger charge is 2.25. The number of rotatable bonds is 6. The lowest BCUT2D eigenvalue weighted by Gasteiger charge is -2.30. The normalized spacial score (nSPS) is 18.4. The van der Waals surface area contributed by atoms with E-state index in [4.69, 9.17) is 4.74 Å². The van der Waals surface area contributed by atoms with E-state index in [-0.39, 0.29) is 24.2 Å². The Labute approximate surface area is 183 Å². The lowest BCUT2D eigenvalue weighted by molar-refractivity contribution is 0.134. The number of hydrogen-bond donors (Lipinski definition) is 2. The van der Waals surface area contributed by atoms with Crippen LogP contribution in [0.1, 0.15) is 48.4 Å². The third kappa shape index (κ3) is 5.85. The Hall–Kier alpha value is -3.34. The second kappa shape index (κ2) is 10.1. The number of nitrogens with one attached hydrogen (secondary N) is 2. The fourth-order valence-corrected chi connectivity index (χ4v) is 4.03. The lowest BCUT2D eigenvalue weighted by atomic mass is 9.93. The molecule has 2 aromatic carbocycles. The van der Waals surface area contributed by atoms with Gasteiger partial charge in [0, 0.05) is 18.3 Å². The zero-order valence-corrected chi connectivity index (χ0v) is 17.8. The first-order valence-corrected chi connectivity index (χ1v) is 10.9. The number of urea groups is 1. The Morgan fingerprint density at radius 1 is 0.903 bits per heavy atom. The van der Waals surface area contributed by atoms with Gasteiger partial charge in [0.2, 0.25) is 5.88 Å². The topological polar surface area (TPSA) is 63.2 Å². The van der Waals surface area contributed by atoms with Crippen molar-refractivity contribution in [2.24, 2.45) is 0 Å². The summed E-state index contributed by atoms with van der Waals surface area (Å²) in [6.45, 7) is 2.01. The van der Waals surface area contributed by atoms with Crippen molar-refractivity contribution in [2.45, 2.75) is 50.8 Å². The van der Waals surface area contributed by atoms with Crippen LogP contribution in [0.15, 0.2) is 79.0 Å². The summed E-state index contributed by atoms with van der Waals surface area (Å²) in [5, 5.41) is 6.32. The van der Waals surface area contributed by atoms with E-state index in [2.05, 4.69) is 15.6 Å². The van der Waals surface area contributed by atoms with E-state index < -0.39 is 0 Å². The molecule has 1 heterocycles. The van der Waals surface area contributed by atoms with E-state index in [1.54, 1.807) is 0 Å². The van der Waals surface area contributed by atoms with E-state index in [1.165, 1.54) is 0 Å². The number of carbonyl (C=O) groups is 1. The number of nitrogens with zero attached hydrogens (tertiary/aromatic N) is 1. The molecule has 4 rings (SSSR count). The van der Waals surface area contributed by atoms with Crippen LogP contribution in [-0.2, 0) is 0 Å². The summed E-state index contributed by atoms with van der Waals surface area (Å²) in [5.41, 5.74) is 3.24. The third-order valence-corrected chi connectivity index (χ3v) is 5.72. The quantitative estimate of drug-likeness (QED) is 0.584. The summed E-state index contributed by atoms with van der Waals surface area (Å²) < 4.78 is 6.00. The van der Waals surface area contributed by atoms with Crippen molar-refractivity contribution < 1.29 is 9.53 Å². The van der Waals surface area contributed by atoms with Gasteiger partial charge in [0.05, 0.1) is 6.04 Å². The fraction of sp³-hybridized carbons (Fsp3) is 0.308. The van der Waals surface area contributed by atoms with Crippen LogP contribution in [0.2, 0.25) is 0 Å². The number of aryl methyl sites for hydroxylation is 1.